The highest BCUT2D eigenvalue weighted by Crippen LogP contribution is 2.24. The topological polar surface area (TPSA) is 64.6 Å². The molecule has 0 saturated heterocycles. The predicted molar refractivity (Wildman–Crippen MR) is 69.8 cm³/mol. The molecule has 108 valence electrons. The smallest absolute Gasteiger partial charge is 0.354 e. The molecular formula is C12H10BrF2NO4. The first-order chi connectivity index (χ1) is 9.38. The Morgan fingerprint density at radius 3 is 2.40 bits per heavy atom. The van der Waals surface area contributed by atoms with Crippen molar-refractivity contribution in [3.8, 4) is 0 Å². The number of methoxy groups -OCH3 is 2. The molecule has 0 atom stereocenters. The van der Waals surface area contributed by atoms with Gasteiger partial charge >= 0.3 is 11.9 Å². The minimum atomic E-state index is -1.12. The number of carbonyl (C=O) groups excluding carboxylic acids is 2. The first-order valence-electron chi connectivity index (χ1n) is 5.18. The fourth-order valence-corrected chi connectivity index (χ4v) is 1.65. The van der Waals surface area contributed by atoms with Crippen molar-refractivity contribution in [2.24, 2.45) is 0 Å². The number of esters is 2. The molecule has 0 spiro atoms. The van der Waals surface area contributed by atoms with E-state index in [1.54, 1.807) is 0 Å². The Kier molecular flexibility index (Phi) is 5.63. The molecule has 5 nitrogen and oxygen atoms in total. The third kappa shape index (κ3) is 4.02. The van der Waals surface area contributed by atoms with Crippen molar-refractivity contribution in [1.82, 2.24) is 0 Å². The molecule has 0 aliphatic rings. The first-order valence-corrected chi connectivity index (χ1v) is 5.97. The van der Waals surface area contributed by atoms with E-state index in [-0.39, 0.29) is 15.9 Å². The van der Waals surface area contributed by atoms with E-state index in [1.165, 1.54) is 6.07 Å². The molecule has 0 bridgehead atoms. The number of anilines is 1. The molecule has 1 aromatic carbocycles. The van der Waals surface area contributed by atoms with Crippen LogP contribution in [0.5, 0.6) is 0 Å². The molecule has 0 unspecified atom stereocenters. The van der Waals surface area contributed by atoms with E-state index in [9.17, 15) is 18.4 Å². The van der Waals surface area contributed by atoms with Crippen LogP contribution in [0.3, 0.4) is 0 Å². The number of hydrogen-bond donors (Lipinski definition) is 1. The van der Waals surface area contributed by atoms with Gasteiger partial charge in [-0.3, -0.25) is 0 Å². The highest BCUT2D eigenvalue weighted by molar-refractivity contribution is 9.10. The molecule has 0 aromatic heterocycles. The molecule has 0 fully saturated rings. The van der Waals surface area contributed by atoms with Crippen molar-refractivity contribution in [3.05, 3.63) is 40.0 Å². The van der Waals surface area contributed by atoms with E-state index in [4.69, 9.17) is 0 Å². The Labute approximate surface area is 121 Å². The monoisotopic (exact) mass is 349 g/mol. The fraction of sp³-hybridized carbons (Fsp3) is 0.167. The quantitative estimate of drug-likeness (QED) is 0.513. The largest absolute Gasteiger partial charge is 0.466 e. The van der Waals surface area contributed by atoms with Crippen LogP contribution in [-0.2, 0) is 19.1 Å². The summed E-state index contributed by atoms with van der Waals surface area (Å²) in [6.07, 6.45) is 0.834. The number of carbonyl (C=O) groups is 2. The van der Waals surface area contributed by atoms with E-state index >= 15 is 0 Å². The molecule has 0 aliphatic heterocycles. The van der Waals surface area contributed by atoms with Gasteiger partial charge in [0, 0.05) is 11.8 Å². The van der Waals surface area contributed by atoms with E-state index in [0.717, 1.165) is 26.4 Å². The number of hydrogen-bond acceptors (Lipinski definition) is 5. The maximum absolute atomic E-state index is 13.2. The van der Waals surface area contributed by atoms with Crippen LogP contribution >= 0.6 is 15.9 Å². The number of halogens is 3. The van der Waals surface area contributed by atoms with Gasteiger partial charge in [-0.2, -0.15) is 0 Å². The lowest BCUT2D eigenvalue weighted by molar-refractivity contribution is -0.138. The van der Waals surface area contributed by atoms with E-state index in [0.29, 0.717) is 0 Å². The number of rotatable bonds is 4. The highest BCUT2D eigenvalue weighted by atomic mass is 79.9. The molecule has 8 heteroatoms. The summed E-state index contributed by atoms with van der Waals surface area (Å²) in [5.74, 6) is -3.85. The Balaban J connectivity index is 3.10. The van der Waals surface area contributed by atoms with Crippen LogP contribution in [0.15, 0.2) is 28.4 Å². The number of benzene rings is 1. The Hall–Kier alpha value is -1.96. The second-order valence-electron chi connectivity index (χ2n) is 3.45. The van der Waals surface area contributed by atoms with E-state index < -0.39 is 23.6 Å². The number of nitrogens with one attached hydrogen (secondary N) is 1. The van der Waals surface area contributed by atoms with Gasteiger partial charge in [0.25, 0.3) is 0 Å². The maximum atomic E-state index is 13.2. The molecule has 1 N–H and O–H groups in total. The van der Waals surface area contributed by atoms with Crippen molar-refractivity contribution in [1.29, 1.82) is 0 Å². The van der Waals surface area contributed by atoms with Gasteiger partial charge in [-0.1, -0.05) is 0 Å². The standard InChI is InChI=1S/C12H10BrF2NO4/c1-19-10(17)5-9(12(18)20-2)16-6-3-7(13)11(15)8(14)4-6/h3-5,16H,1-2H3/b9-5+. The summed E-state index contributed by atoms with van der Waals surface area (Å²) in [6, 6.07) is 2.03. The zero-order valence-corrected chi connectivity index (χ0v) is 12.1. The lowest BCUT2D eigenvalue weighted by Gasteiger charge is -2.10. The summed E-state index contributed by atoms with van der Waals surface area (Å²) in [7, 11) is 2.23. The van der Waals surface area contributed by atoms with Crippen molar-refractivity contribution in [2.45, 2.75) is 0 Å². The molecule has 0 amide bonds. The fourth-order valence-electron chi connectivity index (χ4n) is 1.22. The number of ether oxygens (including phenoxy) is 2. The van der Waals surface area contributed by atoms with E-state index in [1.807, 2.05) is 0 Å². The summed E-state index contributed by atoms with van der Waals surface area (Å²) in [5.41, 5.74) is -0.228. The molecule has 1 rings (SSSR count). The van der Waals surface area contributed by atoms with Crippen LogP contribution in [0.4, 0.5) is 14.5 Å². The van der Waals surface area contributed by atoms with Gasteiger partial charge in [-0.25, -0.2) is 18.4 Å². The van der Waals surface area contributed by atoms with Crippen molar-refractivity contribution < 1.29 is 27.8 Å². The molecule has 0 aliphatic carbocycles. The van der Waals surface area contributed by atoms with Gasteiger partial charge in [0.2, 0.25) is 0 Å². The second-order valence-corrected chi connectivity index (χ2v) is 4.31. The lowest BCUT2D eigenvalue weighted by Crippen LogP contribution is -2.15. The third-order valence-electron chi connectivity index (χ3n) is 2.13. The lowest BCUT2D eigenvalue weighted by atomic mass is 10.2. The summed E-state index contributed by atoms with van der Waals surface area (Å²) in [6.45, 7) is 0. The summed E-state index contributed by atoms with van der Waals surface area (Å²) in [4.78, 5) is 22.6. The second kappa shape index (κ2) is 6.99. The van der Waals surface area contributed by atoms with Crippen LogP contribution < -0.4 is 5.32 Å². The van der Waals surface area contributed by atoms with Crippen LogP contribution in [0.2, 0.25) is 0 Å². The average molecular weight is 350 g/mol. The maximum Gasteiger partial charge on any atom is 0.354 e. The highest BCUT2D eigenvalue weighted by Gasteiger charge is 2.15. The molecule has 0 heterocycles. The summed E-state index contributed by atoms with van der Waals surface area (Å²) >= 11 is 2.82. The van der Waals surface area contributed by atoms with Crippen LogP contribution in [-0.4, -0.2) is 26.2 Å². The van der Waals surface area contributed by atoms with Gasteiger partial charge in [0.15, 0.2) is 11.6 Å². The minimum absolute atomic E-state index is 0.0522. The van der Waals surface area contributed by atoms with Gasteiger partial charge in [-0.05, 0) is 22.0 Å². The predicted octanol–water partition coefficient (Wildman–Crippen LogP) is 2.37. The van der Waals surface area contributed by atoms with Crippen molar-refractivity contribution in [2.75, 3.05) is 19.5 Å². The van der Waals surface area contributed by atoms with Crippen LogP contribution in [0, 0.1) is 11.6 Å². The first kappa shape index (κ1) is 16.1. The zero-order chi connectivity index (χ0) is 15.3. The van der Waals surface area contributed by atoms with Crippen LogP contribution in [0.25, 0.3) is 0 Å². The van der Waals surface area contributed by atoms with E-state index in [2.05, 4.69) is 30.7 Å². The van der Waals surface area contributed by atoms with Crippen molar-refractivity contribution >= 4 is 33.6 Å². The Morgan fingerprint density at radius 2 is 1.90 bits per heavy atom. The minimum Gasteiger partial charge on any atom is -0.466 e. The third-order valence-corrected chi connectivity index (χ3v) is 2.71. The summed E-state index contributed by atoms with van der Waals surface area (Å²) < 4.78 is 35.0. The molecule has 0 radical (unpaired) electrons. The molecule has 20 heavy (non-hydrogen) atoms. The van der Waals surface area contributed by atoms with Crippen LogP contribution in [0.1, 0.15) is 0 Å². The molecule has 1 aromatic rings. The van der Waals surface area contributed by atoms with Gasteiger partial charge in [0.1, 0.15) is 5.70 Å². The summed E-state index contributed by atoms with van der Waals surface area (Å²) in [5, 5.41) is 2.45. The Morgan fingerprint density at radius 1 is 1.25 bits per heavy atom. The Bertz CT molecular complexity index is 552. The normalized spacial score (nSPS) is 10.9. The molecular weight excluding hydrogens is 340 g/mol. The average Bonchev–Trinajstić information content (AvgIpc) is 2.42. The van der Waals surface area contributed by atoms with Gasteiger partial charge in [0.05, 0.1) is 24.8 Å². The molecule has 0 saturated carbocycles. The van der Waals surface area contributed by atoms with Gasteiger partial charge < -0.3 is 14.8 Å². The SMILES string of the molecule is COC(=O)/C=C(/Nc1cc(F)c(F)c(Br)c1)C(=O)OC. The zero-order valence-electron chi connectivity index (χ0n) is 10.5. The van der Waals surface area contributed by atoms with Crippen molar-refractivity contribution in [3.63, 3.8) is 0 Å². The van der Waals surface area contributed by atoms with Gasteiger partial charge in [-0.15, -0.1) is 0 Å².